The SMILES string of the molecule is O=C(N[C@H]1C2CC3CC1C[C@@](O)(C3)C2)c1cnc(N[C@H]2CCOC2)nc1OC1CCC1. The van der Waals surface area contributed by atoms with Gasteiger partial charge in [-0.3, -0.25) is 4.79 Å². The zero-order valence-corrected chi connectivity index (χ0v) is 17.9. The van der Waals surface area contributed by atoms with Gasteiger partial charge in [-0.25, -0.2) is 4.98 Å². The highest BCUT2D eigenvalue weighted by atomic mass is 16.5. The molecule has 1 aliphatic heterocycles. The maximum atomic E-state index is 13.3. The molecule has 5 aliphatic carbocycles. The molecule has 3 N–H and O–H groups in total. The predicted octanol–water partition coefficient (Wildman–Crippen LogP) is 2.28. The molecule has 1 saturated heterocycles. The number of nitrogens with zero attached hydrogens (tertiary/aromatic N) is 2. The number of carbonyl (C=O) groups excluding carboxylic acids is 1. The Balaban J connectivity index is 1.20. The first kappa shape index (κ1) is 19.7. The van der Waals surface area contributed by atoms with Crippen molar-refractivity contribution in [2.45, 2.75) is 81.6 Å². The van der Waals surface area contributed by atoms with Crippen LogP contribution < -0.4 is 15.4 Å². The van der Waals surface area contributed by atoms with Crippen LogP contribution in [-0.2, 0) is 4.74 Å². The molecule has 2 unspecified atom stereocenters. The first-order valence-electron chi connectivity index (χ1n) is 12.0. The third kappa shape index (κ3) is 3.78. The van der Waals surface area contributed by atoms with E-state index < -0.39 is 5.60 Å². The second-order valence-electron chi connectivity index (χ2n) is 10.5. The predicted molar refractivity (Wildman–Crippen MR) is 113 cm³/mol. The molecule has 1 amide bonds. The van der Waals surface area contributed by atoms with E-state index in [1.54, 1.807) is 6.20 Å². The van der Waals surface area contributed by atoms with Gasteiger partial charge in [-0.05, 0) is 75.5 Å². The van der Waals surface area contributed by atoms with Crippen molar-refractivity contribution in [3.8, 4) is 5.88 Å². The molecule has 31 heavy (non-hydrogen) atoms. The average molecular weight is 429 g/mol. The summed E-state index contributed by atoms with van der Waals surface area (Å²) in [6.45, 7) is 1.38. The van der Waals surface area contributed by atoms with Crippen LogP contribution in [0.1, 0.15) is 68.1 Å². The molecular formula is C23H32N4O4. The Hall–Kier alpha value is -1.93. The Labute approximate surface area is 182 Å². The molecule has 7 rings (SSSR count). The van der Waals surface area contributed by atoms with Gasteiger partial charge in [0.2, 0.25) is 11.8 Å². The second-order valence-corrected chi connectivity index (χ2v) is 10.5. The van der Waals surface area contributed by atoms with Gasteiger partial charge in [0.25, 0.3) is 5.91 Å². The highest BCUT2D eigenvalue weighted by Crippen LogP contribution is 2.55. The minimum Gasteiger partial charge on any atom is -0.474 e. The van der Waals surface area contributed by atoms with Crippen LogP contribution in [0, 0.1) is 17.8 Å². The number of rotatable bonds is 6. The Morgan fingerprint density at radius 2 is 2.00 bits per heavy atom. The third-order valence-corrected chi connectivity index (χ3v) is 8.13. The van der Waals surface area contributed by atoms with Crippen LogP contribution in [0.4, 0.5) is 5.95 Å². The number of anilines is 1. The molecule has 2 heterocycles. The van der Waals surface area contributed by atoms with E-state index in [0.717, 1.165) is 64.4 Å². The number of aromatic nitrogens is 2. The van der Waals surface area contributed by atoms with Crippen LogP contribution in [0.25, 0.3) is 0 Å². The smallest absolute Gasteiger partial charge is 0.258 e. The maximum absolute atomic E-state index is 13.3. The number of hydrogen-bond acceptors (Lipinski definition) is 7. The van der Waals surface area contributed by atoms with Gasteiger partial charge in [-0.2, -0.15) is 4.98 Å². The van der Waals surface area contributed by atoms with Crippen molar-refractivity contribution in [1.29, 1.82) is 0 Å². The normalized spacial score (nSPS) is 38.7. The fraction of sp³-hybridized carbons (Fsp3) is 0.783. The molecule has 6 aliphatic rings. The van der Waals surface area contributed by atoms with Gasteiger partial charge in [-0.15, -0.1) is 0 Å². The molecule has 0 aromatic carbocycles. The summed E-state index contributed by atoms with van der Waals surface area (Å²) in [7, 11) is 0. The summed E-state index contributed by atoms with van der Waals surface area (Å²) < 4.78 is 11.5. The van der Waals surface area contributed by atoms with E-state index >= 15 is 0 Å². The zero-order valence-electron chi connectivity index (χ0n) is 17.9. The first-order chi connectivity index (χ1) is 15.0. The molecule has 8 heteroatoms. The summed E-state index contributed by atoms with van der Waals surface area (Å²) in [6.07, 6.45) is 10.5. The Bertz CT molecular complexity index is 838. The molecule has 8 nitrogen and oxygen atoms in total. The zero-order chi connectivity index (χ0) is 21.0. The van der Waals surface area contributed by atoms with E-state index in [4.69, 9.17) is 9.47 Å². The summed E-state index contributed by atoms with van der Waals surface area (Å²) in [4.78, 5) is 22.3. The van der Waals surface area contributed by atoms with Crippen LogP contribution >= 0.6 is 0 Å². The lowest BCUT2D eigenvalue weighted by atomic mass is 9.52. The van der Waals surface area contributed by atoms with Crippen molar-refractivity contribution in [3.05, 3.63) is 11.8 Å². The lowest BCUT2D eigenvalue weighted by molar-refractivity contribution is -0.136. The standard InChI is InChI=1S/C23H32N4O4/c28-20(26-19-14-6-13-7-15(19)10-23(29,8-13)9-14)18-11-24-22(25-16-4-5-30-12-16)27-21(18)31-17-2-1-3-17/h11,13-17,19,29H,1-10,12H2,(H,26,28)(H,24,25,27)/t13?,14?,15?,16-,19-,23+/m0/s1. The van der Waals surface area contributed by atoms with Gasteiger partial charge in [0.05, 0.1) is 18.2 Å². The Morgan fingerprint density at radius 1 is 1.19 bits per heavy atom. The molecule has 3 atom stereocenters. The van der Waals surface area contributed by atoms with E-state index in [1.165, 1.54) is 0 Å². The Kier molecular flexibility index (Phi) is 4.83. The van der Waals surface area contributed by atoms with Crippen LogP contribution in [0.15, 0.2) is 6.20 Å². The van der Waals surface area contributed by atoms with Gasteiger partial charge in [-0.1, -0.05) is 0 Å². The number of carbonyl (C=O) groups is 1. The Morgan fingerprint density at radius 3 is 2.65 bits per heavy atom. The number of hydrogen-bond donors (Lipinski definition) is 3. The van der Waals surface area contributed by atoms with Crippen molar-refractivity contribution < 1.29 is 19.4 Å². The fourth-order valence-corrected chi connectivity index (χ4v) is 6.60. The van der Waals surface area contributed by atoms with Gasteiger partial charge in [0.15, 0.2) is 0 Å². The van der Waals surface area contributed by atoms with Gasteiger partial charge >= 0.3 is 0 Å². The summed E-state index contributed by atoms with van der Waals surface area (Å²) in [5, 5.41) is 17.4. The number of amides is 1. The first-order valence-corrected chi connectivity index (χ1v) is 12.0. The minimum absolute atomic E-state index is 0.120. The van der Waals surface area contributed by atoms with Crippen LogP contribution in [0.5, 0.6) is 5.88 Å². The van der Waals surface area contributed by atoms with Crippen molar-refractivity contribution in [1.82, 2.24) is 15.3 Å². The molecular weight excluding hydrogens is 396 g/mol. The monoisotopic (exact) mass is 428 g/mol. The average Bonchev–Trinajstić information content (AvgIpc) is 3.19. The number of aliphatic hydroxyl groups is 1. The molecule has 1 aromatic rings. The molecule has 1 aromatic heterocycles. The van der Waals surface area contributed by atoms with Crippen LogP contribution in [0.2, 0.25) is 0 Å². The lowest BCUT2D eigenvalue weighted by Crippen LogP contribution is -2.61. The lowest BCUT2D eigenvalue weighted by Gasteiger charge is -2.58. The molecule has 4 bridgehead atoms. The number of nitrogens with one attached hydrogen (secondary N) is 2. The van der Waals surface area contributed by atoms with E-state index in [1.807, 2.05) is 0 Å². The summed E-state index contributed by atoms with van der Waals surface area (Å²) in [6, 6.07) is 0.310. The quantitative estimate of drug-likeness (QED) is 0.638. The van der Waals surface area contributed by atoms with Gasteiger partial charge in [0.1, 0.15) is 11.7 Å². The van der Waals surface area contributed by atoms with Gasteiger partial charge in [0, 0.05) is 18.8 Å². The van der Waals surface area contributed by atoms with Crippen molar-refractivity contribution >= 4 is 11.9 Å². The highest BCUT2D eigenvalue weighted by molar-refractivity contribution is 5.96. The van der Waals surface area contributed by atoms with Crippen LogP contribution in [0.3, 0.4) is 0 Å². The second kappa shape index (κ2) is 7.59. The largest absolute Gasteiger partial charge is 0.474 e. The van der Waals surface area contributed by atoms with Crippen LogP contribution in [-0.4, -0.2) is 58.0 Å². The molecule has 0 radical (unpaired) electrons. The number of ether oxygens (including phenoxy) is 2. The third-order valence-electron chi connectivity index (χ3n) is 8.13. The summed E-state index contributed by atoms with van der Waals surface area (Å²) >= 11 is 0. The van der Waals surface area contributed by atoms with E-state index in [0.29, 0.717) is 41.8 Å². The van der Waals surface area contributed by atoms with E-state index in [-0.39, 0.29) is 24.1 Å². The molecule has 168 valence electrons. The topological polar surface area (TPSA) is 106 Å². The minimum atomic E-state index is -0.503. The maximum Gasteiger partial charge on any atom is 0.258 e. The highest BCUT2D eigenvalue weighted by Gasteiger charge is 2.55. The van der Waals surface area contributed by atoms with E-state index in [9.17, 15) is 9.90 Å². The summed E-state index contributed by atoms with van der Waals surface area (Å²) in [5.41, 5.74) is -0.0935. The molecule has 6 fully saturated rings. The van der Waals surface area contributed by atoms with E-state index in [2.05, 4.69) is 20.6 Å². The van der Waals surface area contributed by atoms with Gasteiger partial charge < -0.3 is 25.2 Å². The summed E-state index contributed by atoms with van der Waals surface area (Å²) in [5.74, 6) is 2.04. The van der Waals surface area contributed by atoms with Crippen molar-refractivity contribution in [2.75, 3.05) is 18.5 Å². The molecule has 5 saturated carbocycles. The fourth-order valence-electron chi connectivity index (χ4n) is 6.60. The van der Waals surface area contributed by atoms with Crippen molar-refractivity contribution in [3.63, 3.8) is 0 Å². The van der Waals surface area contributed by atoms with Crippen molar-refractivity contribution in [2.24, 2.45) is 17.8 Å². The molecule has 0 spiro atoms.